The van der Waals surface area contributed by atoms with Gasteiger partial charge >= 0.3 is 0 Å². The zero-order valence-electron chi connectivity index (χ0n) is 27.7. The van der Waals surface area contributed by atoms with E-state index in [0.717, 1.165) is 73.4 Å². The molecule has 0 amide bonds. The molecular formula is C45H33N3O2S. The van der Waals surface area contributed by atoms with Gasteiger partial charge in [-0.3, -0.25) is 16.0 Å². The molecule has 1 aliphatic heterocycles. The second kappa shape index (κ2) is 11.5. The van der Waals surface area contributed by atoms with Crippen LogP contribution in [0.25, 0.3) is 75.2 Å². The molecule has 9 aromatic rings. The summed E-state index contributed by atoms with van der Waals surface area (Å²) in [5.74, 6) is 0. The summed E-state index contributed by atoms with van der Waals surface area (Å²) in [4.78, 5) is 0. The van der Waals surface area contributed by atoms with E-state index < -0.39 is 0 Å². The van der Waals surface area contributed by atoms with Crippen molar-refractivity contribution >= 4 is 75.4 Å². The molecule has 246 valence electrons. The number of nitrogens with one attached hydrogen (secondary N) is 3. The molecule has 6 aromatic carbocycles. The number of hydrogen-bond acceptors (Lipinski definition) is 6. The van der Waals surface area contributed by atoms with E-state index in [1.165, 1.54) is 31.3 Å². The van der Waals surface area contributed by atoms with Gasteiger partial charge in [-0.15, -0.1) is 11.3 Å². The van der Waals surface area contributed by atoms with E-state index in [0.29, 0.717) is 0 Å². The van der Waals surface area contributed by atoms with Crippen LogP contribution in [0.15, 0.2) is 154 Å². The quantitative estimate of drug-likeness (QED) is 0.173. The second-order valence-corrected chi connectivity index (χ2v) is 14.7. The highest BCUT2D eigenvalue weighted by Crippen LogP contribution is 2.42. The molecule has 3 N–H and O–H groups in total. The van der Waals surface area contributed by atoms with E-state index in [9.17, 15) is 0 Å². The van der Waals surface area contributed by atoms with E-state index >= 15 is 0 Å². The molecule has 1 aliphatic carbocycles. The fraction of sp³-hybridized carbons (Fsp3) is 0.111. The molecule has 0 bridgehead atoms. The Morgan fingerprint density at radius 3 is 2.14 bits per heavy atom. The fourth-order valence-corrected chi connectivity index (χ4v) is 9.28. The Balaban J connectivity index is 1.01. The molecule has 3 aromatic heterocycles. The van der Waals surface area contributed by atoms with Crippen LogP contribution in [0.1, 0.15) is 36.3 Å². The number of allylic oxidation sites excluding steroid dienone is 2. The highest BCUT2D eigenvalue weighted by molar-refractivity contribution is 7.25. The average Bonchev–Trinajstić information content (AvgIpc) is 3.88. The number of thiophene rings is 1. The summed E-state index contributed by atoms with van der Waals surface area (Å²) in [6.07, 6.45) is 8.82. The molecule has 0 spiro atoms. The molecule has 4 heterocycles. The lowest BCUT2D eigenvalue weighted by Gasteiger charge is -2.40. The molecule has 3 atom stereocenters. The van der Waals surface area contributed by atoms with Gasteiger partial charge in [0.1, 0.15) is 22.3 Å². The maximum Gasteiger partial charge on any atom is 0.143 e. The topological polar surface area (TPSA) is 62.4 Å². The molecule has 0 saturated carbocycles. The lowest BCUT2D eigenvalue weighted by atomic mass is 9.96. The molecule has 5 nitrogen and oxygen atoms in total. The average molecular weight is 680 g/mol. The van der Waals surface area contributed by atoms with E-state index in [-0.39, 0.29) is 18.5 Å². The summed E-state index contributed by atoms with van der Waals surface area (Å²) >= 11 is 1.85. The third-order valence-corrected chi connectivity index (χ3v) is 11.8. The van der Waals surface area contributed by atoms with Crippen molar-refractivity contribution in [3.05, 3.63) is 156 Å². The molecule has 2 aliphatic rings. The van der Waals surface area contributed by atoms with Crippen LogP contribution in [0.4, 0.5) is 0 Å². The van der Waals surface area contributed by atoms with Crippen molar-refractivity contribution in [2.75, 3.05) is 0 Å². The van der Waals surface area contributed by atoms with Gasteiger partial charge in [0.2, 0.25) is 0 Å². The first-order valence-corrected chi connectivity index (χ1v) is 18.5. The summed E-state index contributed by atoms with van der Waals surface area (Å²) in [7, 11) is 0. The lowest BCUT2D eigenvalue weighted by molar-refractivity contribution is 0.224. The van der Waals surface area contributed by atoms with Gasteiger partial charge in [0.15, 0.2) is 0 Å². The Bertz CT molecular complexity index is 2890. The van der Waals surface area contributed by atoms with Crippen LogP contribution in [0.3, 0.4) is 0 Å². The Morgan fingerprint density at radius 2 is 1.24 bits per heavy atom. The first-order chi connectivity index (χ1) is 25.2. The largest absolute Gasteiger partial charge is 0.456 e. The Labute approximate surface area is 297 Å². The van der Waals surface area contributed by atoms with Crippen molar-refractivity contribution in [3.8, 4) is 11.1 Å². The smallest absolute Gasteiger partial charge is 0.143 e. The van der Waals surface area contributed by atoms with Crippen molar-refractivity contribution in [3.63, 3.8) is 0 Å². The Hall–Kier alpha value is -5.50. The van der Waals surface area contributed by atoms with Gasteiger partial charge in [0, 0.05) is 47.3 Å². The van der Waals surface area contributed by atoms with Gasteiger partial charge in [-0.1, -0.05) is 103 Å². The summed E-state index contributed by atoms with van der Waals surface area (Å²) in [5.41, 5.74) is 9.32. The normalized spacial score (nSPS) is 19.6. The monoisotopic (exact) mass is 679 g/mol. The Morgan fingerprint density at radius 1 is 0.510 bits per heavy atom. The van der Waals surface area contributed by atoms with Crippen LogP contribution >= 0.6 is 11.3 Å². The van der Waals surface area contributed by atoms with E-state index in [2.05, 4.69) is 143 Å². The predicted octanol–water partition coefficient (Wildman–Crippen LogP) is 11.6. The van der Waals surface area contributed by atoms with Gasteiger partial charge in [-0.25, -0.2) is 0 Å². The predicted molar refractivity (Wildman–Crippen MR) is 211 cm³/mol. The van der Waals surface area contributed by atoms with Crippen molar-refractivity contribution in [1.82, 2.24) is 16.0 Å². The van der Waals surface area contributed by atoms with Gasteiger partial charge < -0.3 is 8.83 Å². The minimum absolute atomic E-state index is 0.0185. The standard InChI is InChI=1S/C45H33N3O2S/c1-2-10-26(11-3-1)43-46-44(27-21-23-40-35(24-27)30-13-5-7-19-39(30)51-40)48-45(47-43)28-20-22-34-38(25-28)49-37-18-9-14-31(41(34)37)33-16-8-15-32-29-12-4-6-17-36(29)50-42(32)33/h2,4-25,43-48H,1,3H2. The number of para-hydroxylation sites is 2. The van der Waals surface area contributed by atoms with Crippen LogP contribution in [0.2, 0.25) is 0 Å². The number of rotatable bonds is 4. The number of fused-ring (bicyclic) bond motifs is 9. The van der Waals surface area contributed by atoms with Crippen LogP contribution < -0.4 is 16.0 Å². The Kier molecular flexibility index (Phi) is 6.61. The summed E-state index contributed by atoms with van der Waals surface area (Å²) in [6, 6.07) is 43.2. The molecule has 0 radical (unpaired) electrons. The second-order valence-electron chi connectivity index (χ2n) is 13.7. The van der Waals surface area contributed by atoms with Crippen LogP contribution in [-0.4, -0.2) is 6.17 Å². The molecular weight excluding hydrogens is 647 g/mol. The van der Waals surface area contributed by atoms with Gasteiger partial charge in [0.05, 0.1) is 18.5 Å². The van der Waals surface area contributed by atoms with Crippen LogP contribution in [-0.2, 0) is 0 Å². The molecule has 51 heavy (non-hydrogen) atoms. The highest BCUT2D eigenvalue weighted by Gasteiger charge is 2.31. The number of benzene rings is 6. The van der Waals surface area contributed by atoms with E-state index in [1.54, 1.807) is 0 Å². The SMILES string of the molecule is C1=CC(C2NC(c3ccc4c(c3)oc3cccc(-c5cccc6c5oc5ccccc56)c34)NC(c3ccc4sc5ccccc5c4c3)N2)=CCC1. The van der Waals surface area contributed by atoms with Gasteiger partial charge in [0.25, 0.3) is 0 Å². The number of hydrogen-bond donors (Lipinski definition) is 3. The van der Waals surface area contributed by atoms with Gasteiger partial charge in [-0.2, -0.15) is 0 Å². The third-order valence-electron chi connectivity index (χ3n) is 10.6. The zero-order valence-corrected chi connectivity index (χ0v) is 28.5. The molecule has 11 rings (SSSR count). The van der Waals surface area contributed by atoms with Crippen molar-refractivity contribution in [2.45, 2.75) is 31.3 Å². The lowest BCUT2D eigenvalue weighted by Crippen LogP contribution is -2.59. The minimum atomic E-state index is -0.117. The molecule has 1 saturated heterocycles. The van der Waals surface area contributed by atoms with E-state index in [1.807, 2.05) is 23.5 Å². The van der Waals surface area contributed by atoms with Crippen molar-refractivity contribution < 1.29 is 8.83 Å². The molecule has 6 heteroatoms. The molecule has 1 fully saturated rings. The third kappa shape index (κ3) is 4.72. The van der Waals surface area contributed by atoms with Crippen LogP contribution in [0.5, 0.6) is 0 Å². The maximum absolute atomic E-state index is 6.63. The highest BCUT2D eigenvalue weighted by atomic mass is 32.1. The van der Waals surface area contributed by atoms with E-state index in [4.69, 9.17) is 8.83 Å². The van der Waals surface area contributed by atoms with Crippen LogP contribution in [0, 0.1) is 0 Å². The van der Waals surface area contributed by atoms with Crippen molar-refractivity contribution in [1.29, 1.82) is 0 Å². The minimum Gasteiger partial charge on any atom is -0.456 e. The number of furan rings is 2. The summed E-state index contributed by atoms with van der Waals surface area (Å²) < 4.78 is 15.7. The van der Waals surface area contributed by atoms with Gasteiger partial charge in [-0.05, 0) is 71.5 Å². The first-order valence-electron chi connectivity index (χ1n) is 17.7. The zero-order chi connectivity index (χ0) is 33.5. The summed E-state index contributed by atoms with van der Waals surface area (Å²) in [5, 5.41) is 18.7. The fourth-order valence-electron chi connectivity index (χ4n) is 8.20. The maximum atomic E-state index is 6.63. The van der Waals surface area contributed by atoms with Crippen molar-refractivity contribution in [2.24, 2.45) is 0 Å². The summed E-state index contributed by atoms with van der Waals surface area (Å²) in [6.45, 7) is 0. The first kappa shape index (κ1) is 29.3. The molecule has 3 unspecified atom stereocenters.